The van der Waals surface area contributed by atoms with E-state index >= 15 is 0 Å². The summed E-state index contributed by atoms with van der Waals surface area (Å²) in [7, 11) is 0. The van der Waals surface area contributed by atoms with E-state index in [4.69, 9.17) is 5.73 Å². The standard InChI is InChI=1S/C15H20N2O2/c1-3-10-7-11(15(18)19)8-13-12(5-4-6-16)9(2)17-14(10)13/h7-8,17H,3-6,16H2,1-2H3,(H,18,19). The maximum atomic E-state index is 11.2. The van der Waals surface area contributed by atoms with Crippen molar-refractivity contribution in [3.05, 3.63) is 34.5 Å². The minimum Gasteiger partial charge on any atom is -0.478 e. The van der Waals surface area contributed by atoms with E-state index in [1.54, 1.807) is 12.1 Å². The van der Waals surface area contributed by atoms with Crippen molar-refractivity contribution < 1.29 is 9.90 Å². The molecule has 1 heterocycles. The highest BCUT2D eigenvalue weighted by Crippen LogP contribution is 2.28. The zero-order chi connectivity index (χ0) is 14.0. The molecule has 0 amide bonds. The van der Waals surface area contributed by atoms with Crippen molar-refractivity contribution in [2.75, 3.05) is 6.54 Å². The maximum absolute atomic E-state index is 11.2. The maximum Gasteiger partial charge on any atom is 0.335 e. The number of hydrogen-bond acceptors (Lipinski definition) is 2. The average Bonchev–Trinajstić information content (AvgIpc) is 2.70. The van der Waals surface area contributed by atoms with Crippen LogP contribution in [-0.4, -0.2) is 22.6 Å². The molecule has 0 radical (unpaired) electrons. The zero-order valence-corrected chi connectivity index (χ0v) is 11.4. The summed E-state index contributed by atoms with van der Waals surface area (Å²) in [6.45, 7) is 4.72. The Hall–Kier alpha value is -1.81. The fourth-order valence-electron chi connectivity index (χ4n) is 2.56. The molecule has 0 atom stereocenters. The minimum atomic E-state index is -0.875. The lowest BCUT2D eigenvalue weighted by molar-refractivity contribution is 0.0697. The van der Waals surface area contributed by atoms with Crippen LogP contribution in [0.25, 0.3) is 10.9 Å². The molecule has 0 aliphatic carbocycles. The summed E-state index contributed by atoms with van der Waals surface area (Å²) < 4.78 is 0. The summed E-state index contributed by atoms with van der Waals surface area (Å²) in [4.78, 5) is 14.6. The molecule has 0 aliphatic rings. The van der Waals surface area contributed by atoms with Crippen molar-refractivity contribution in [3.63, 3.8) is 0 Å². The van der Waals surface area contributed by atoms with E-state index in [9.17, 15) is 9.90 Å². The third kappa shape index (κ3) is 2.49. The number of hydrogen-bond donors (Lipinski definition) is 3. The zero-order valence-electron chi connectivity index (χ0n) is 11.4. The normalized spacial score (nSPS) is 11.1. The number of aryl methyl sites for hydroxylation is 3. The predicted molar refractivity (Wildman–Crippen MR) is 76.7 cm³/mol. The van der Waals surface area contributed by atoms with Crippen molar-refractivity contribution >= 4 is 16.9 Å². The Morgan fingerprint density at radius 1 is 1.42 bits per heavy atom. The molecule has 19 heavy (non-hydrogen) atoms. The number of aromatic nitrogens is 1. The summed E-state index contributed by atoms with van der Waals surface area (Å²) in [6.07, 6.45) is 2.61. The molecule has 4 N–H and O–H groups in total. The second-order valence-corrected chi connectivity index (χ2v) is 4.84. The van der Waals surface area contributed by atoms with E-state index in [1.165, 1.54) is 5.56 Å². The summed E-state index contributed by atoms with van der Waals surface area (Å²) in [6, 6.07) is 3.53. The van der Waals surface area contributed by atoms with Crippen LogP contribution in [-0.2, 0) is 12.8 Å². The van der Waals surface area contributed by atoms with Gasteiger partial charge in [0.1, 0.15) is 0 Å². The van der Waals surface area contributed by atoms with Gasteiger partial charge >= 0.3 is 5.97 Å². The Balaban J connectivity index is 2.65. The summed E-state index contributed by atoms with van der Waals surface area (Å²) in [5.74, 6) is -0.875. The van der Waals surface area contributed by atoms with Gasteiger partial charge in [-0.05, 0) is 56.0 Å². The topological polar surface area (TPSA) is 79.1 Å². The largest absolute Gasteiger partial charge is 0.478 e. The molecule has 0 bridgehead atoms. The molecule has 102 valence electrons. The van der Waals surface area contributed by atoms with Crippen LogP contribution in [0.4, 0.5) is 0 Å². The van der Waals surface area contributed by atoms with Gasteiger partial charge in [0.2, 0.25) is 0 Å². The number of aromatic carboxylic acids is 1. The summed E-state index contributed by atoms with van der Waals surface area (Å²) in [5, 5.41) is 10.2. The molecule has 0 aliphatic heterocycles. The van der Waals surface area contributed by atoms with Gasteiger partial charge in [0.15, 0.2) is 0 Å². The van der Waals surface area contributed by atoms with Crippen LogP contribution in [0.5, 0.6) is 0 Å². The van der Waals surface area contributed by atoms with Gasteiger partial charge in [-0.1, -0.05) is 6.92 Å². The fourth-order valence-corrected chi connectivity index (χ4v) is 2.56. The molecule has 4 heteroatoms. The number of carbonyl (C=O) groups is 1. The lowest BCUT2D eigenvalue weighted by atomic mass is 10.00. The Morgan fingerprint density at radius 3 is 2.74 bits per heavy atom. The van der Waals surface area contributed by atoms with E-state index in [0.717, 1.165) is 41.4 Å². The molecule has 0 saturated carbocycles. The Morgan fingerprint density at radius 2 is 2.16 bits per heavy atom. The first-order valence-electron chi connectivity index (χ1n) is 6.65. The number of H-pyrrole nitrogens is 1. The van der Waals surface area contributed by atoms with Gasteiger partial charge in [-0.3, -0.25) is 0 Å². The number of carboxylic acid groups (broad SMARTS) is 1. The van der Waals surface area contributed by atoms with Gasteiger partial charge in [-0.15, -0.1) is 0 Å². The van der Waals surface area contributed by atoms with Crippen LogP contribution < -0.4 is 5.73 Å². The van der Waals surface area contributed by atoms with Gasteiger partial charge in [-0.2, -0.15) is 0 Å². The highest BCUT2D eigenvalue weighted by Gasteiger charge is 2.14. The second kappa shape index (κ2) is 5.45. The molecule has 0 spiro atoms. The van der Waals surface area contributed by atoms with E-state index in [2.05, 4.69) is 4.98 Å². The SMILES string of the molecule is CCc1cc(C(=O)O)cc2c(CCCN)c(C)[nH]c12. The average molecular weight is 260 g/mol. The molecule has 0 saturated heterocycles. The van der Waals surface area contributed by atoms with Crippen LogP contribution in [0, 0.1) is 6.92 Å². The number of fused-ring (bicyclic) bond motifs is 1. The molecule has 2 aromatic rings. The Bertz CT molecular complexity index is 614. The molecule has 1 aromatic heterocycles. The Kier molecular flexibility index (Phi) is 3.90. The van der Waals surface area contributed by atoms with Gasteiger partial charge in [-0.25, -0.2) is 4.79 Å². The number of nitrogens with two attached hydrogens (primary N) is 1. The summed E-state index contributed by atoms with van der Waals surface area (Å²) >= 11 is 0. The third-order valence-electron chi connectivity index (χ3n) is 3.57. The lowest BCUT2D eigenvalue weighted by Crippen LogP contribution is -2.01. The van der Waals surface area contributed by atoms with Crippen LogP contribution in [0.1, 0.15) is 40.5 Å². The number of benzene rings is 1. The van der Waals surface area contributed by atoms with E-state index < -0.39 is 5.97 Å². The number of nitrogens with one attached hydrogen (secondary N) is 1. The van der Waals surface area contributed by atoms with E-state index in [1.807, 2.05) is 13.8 Å². The number of carboxylic acids is 1. The molecule has 2 rings (SSSR count). The molecular weight excluding hydrogens is 240 g/mol. The van der Waals surface area contributed by atoms with E-state index in [0.29, 0.717) is 12.1 Å². The quantitative estimate of drug-likeness (QED) is 0.773. The highest BCUT2D eigenvalue weighted by molar-refractivity contribution is 5.96. The Labute approximate surface area is 112 Å². The van der Waals surface area contributed by atoms with Crippen molar-refractivity contribution in [2.24, 2.45) is 5.73 Å². The molecule has 4 nitrogen and oxygen atoms in total. The molecule has 1 aromatic carbocycles. The van der Waals surface area contributed by atoms with Crippen molar-refractivity contribution in [3.8, 4) is 0 Å². The van der Waals surface area contributed by atoms with Gasteiger partial charge in [0, 0.05) is 16.6 Å². The van der Waals surface area contributed by atoms with Crippen LogP contribution in [0.3, 0.4) is 0 Å². The molecule has 0 unspecified atom stereocenters. The van der Waals surface area contributed by atoms with Gasteiger partial charge < -0.3 is 15.8 Å². The van der Waals surface area contributed by atoms with Crippen LogP contribution >= 0.6 is 0 Å². The molecule has 0 fully saturated rings. The fraction of sp³-hybridized carbons (Fsp3) is 0.400. The monoisotopic (exact) mass is 260 g/mol. The van der Waals surface area contributed by atoms with Crippen molar-refractivity contribution in [2.45, 2.75) is 33.1 Å². The first-order chi connectivity index (χ1) is 9.08. The van der Waals surface area contributed by atoms with Crippen LogP contribution in [0.2, 0.25) is 0 Å². The lowest BCUT2D eigenvalue weighted by Gasteiger charge is -2.04. The number of rotatable bonds is 5. The van der Waals surface area contributed by atoms with Crippen LogP contribution in [0.15, 0.2) is 12.1 Å². The number of aromatic amines is 1. The predicted octanol–water partition coefficient (Wildman–Crippen LogP) is 2.63. The van der Waals surface area contributed by atoms with Gasteiger partial charge in [0.05, 0.1) is 5.56 Å². The van der Waals surface area contributed by atoms with Crippen molar-refractivity contribution in [1.29, 1.82) is 0 Å². The third-order valence-corrected chi connectivity index (χ3v) is 3.57. The first kappa shape index (κ1) is 13.6. The summed E-state index contributed by atoms with van der Waals surface area (Å²) in [5.41, 5.74) is 10.4. The van der Waals surface area contributed by atoms with Crippen molar-refractivity contribution in [1.82, 2.24) is 4.98 Å². The molecular formula is C15H20N2O2. The van der Waals surface area contributed by atoms with E-state index in [-0.39, 0.29) is 0 Å². The highest BCUT2D eigenvalue weighted by atomic mass is 16.4. The first-order valence-corrected chi connectivity index (χ1v) is 6.65. The van der Waals surface area contributed by atoms with Gasteiger partial charge in [0.25, 0.3) is 0 Å². The smallest absolute Gasteiger partial charge is 0.335 e. The second-order valence-electron chi connectivity index (χ2n) is 4.84. The minimum absolute atomic E-state index is 0.359.